The third-order valence-corrected chi connectivity index (χ3v) is 5.94. The first-order valence-corrected chi connectivity index (χ1v) is 7.75. The molecule has 1 aromatic carbocycles. The van der Waals surface area contributed by atoms with Gasteiger partial charge in [0.05, 0.1) is 8.48 Å². The highest BCUT2D eigenvalue weighted by Gasteiger charge is 2.64. The molecule has 1 spiro atoms. The fraction of sp³-hybridized carbons (Fsp3) is 0.556. The lowest BCUT2D eigenvalue weighted by atomic mass is 9.53. The number of benzene rings is 1. The predicted molar refractivity (Wildman–Crippen MR) is 82.5 cm³/mol. The molecule has 1 N–H and O–H groups in total. The van der Waals surface area contributed by atoms with E-state index in [0.717, 1.165) is 11.1 Å². The largest absolute Gasteiger partial charge is 0.493 e. The number of likely N-dealkylation sites (N-methyl/N-ethyl adjacent to an activating group) is 1. The van der Waals surface area contributed by atoms with Crippen molar-refractivity contribution in [2.24, 2.45) is 5.92 Å². The summed E-state index contributed by atoms with van der Waals surface area (Å²) in [7, 11) is 1.58. The summed E-state index contributed by atoms with van der Waals surface area (Å²) in [5.41, 5.74) is 1.45. The van der Waals surface area contributed by atoms with E-state index in [0.29, 0.717) is 30.9 Å². The van der Waals surface area contributed by atoms with Crippen molar-refractivity contribution < 1.29 is 20.1 Å². The summed E-state index contributed by atoms with van der Waals surface area (Å²) in [6.45, 7) is -1.78. The van der Waals surface area contributed by atoms with Crippen LogP contribution in [0.1, 0.15) is 23.0 Å². The summed E-state index contributed by atoms with van der Waals surface area (Å²) < 4.78 is 43.9. The van der Waals surface area contributed by atoms with Gasteiger partial charge in [-0.3, -0.25) is 0 Å². The van der Waals surface area contributed by atoms with Gasteiger partial charge >= 0.3 is 0 Å². The standard InChI is InChI=1S/C18H21NO3/c1-19-8-7-18-11-4-5-13(20)17(18)22-16-14(21-2)6-3-10(15(16)18)9-12(11)19/h3-6,11-13,17,20H,7-9H2,1-2H3/t11-,12+,13?,17?,18-/m0/s1/i1D3,13D. The highest BCUT2D eigenvalue weighted by atomic mass is 16.5. The molecule has 116 valence electrons. The molecule has 4 heteroatoms. The van der Waals surface area contributed by atoms with E-state index in [1.54, 1.807) is 12.0 Å². The van der Waals surface area contributed by atoms with E-state index in [9.17, 15) is 5.11 Å². The average molecular weight is 303 g/mol. The lowest BCUT2D eigenvalue weighted by molar-refractivity contribution is -0.0453. The normalized spacial score (nSPS) is 47.6. The number of methoxy groups -OCH3 is 1. The van der Waals surface area contributed by atoms with Gasteiger partial charge in [0.25, 0.3) is 0 Å². The monoisotopic (exact) mass is 303 g/mol. The molecule has 4 aliphatic rings. The highest BCUT2D eigenvalue weighted by Crippen LogP contribution is 2.62. The minimum absolute atomic E-state index is 0.117. The van der Waals surface area contributed by atoms with Crippen molar-refractivity contribution >= 4 is 0 Å². The van der Waals surface area contributed by atoms with Crippen molar-refractivity contribution in [3.63, 3.8) is 0 Å². The van der Waals surface area contributed by atoms with Crippen molar-refractivity contribution in [1.29, 1.82) is 0 Å². The zero-order valence-corrected chi connectivity index (χ0v) is 12.4. The molecule has 2 aliphatic heterocycles. The highest BCUT2D eigenvalue weighted by molar-refractivity contribution is 5.62. The van der Waals surface area contributed by atoms with Gasteiger partial charge in [0.1, 0.15) is 12.2 Å². The van der Waals surface area contributed by atoms with E-state index in [4.69, 9.17) is 15.0 Å². The summed E-state index contributed by atoms with van der Waals surface area (Å²) >= 11 is 0. The number of nitrogens with zero attached hydrogens (tertiary/aromatic N) is 1. The fourth-order valence-corrected chi connectivity index (χ4v) is 5.07. The van der Waals surface area contributed by atoms with Crippen molar-refractivity contribution in [3.8, 4) is 11.5 Å². The first-order chi connectivity index (χ1) is 12.2. The number of hydrogen-bond acceptors (Lipinski definition) is 4. The second kappa shape index (κ2) is 4.06. The van der Waals surface area contributed by atoms with Gasteiger partial charge in [0, 0.05) is 27.1 Å². The van der Waals surface area contributed by atoms with Crippen molar-refractivity contribution in [2.45, 2.75) is 36.5 Å². The summed E-state index contributed by atoms with van der Waals surface area (Å²) in [6, 6.07) is 3.59. The minimum atomic E-state index is -2.17. The van der Waals surface area contributed by atoms with Gasteiger partial charge in [-0.15, -0.1) is 0 Å². The van der Waals surface area contributed by atoms with Crippen LogP contribution < -0.4 is 9.47 Å². The van der Waals surface area contributed by atoms with Crippen LogP contribution in [0.15, 0.2) is 24.3 Å². The van der Waals surface area contributed by atoms with E-state index < -0.39 is 24.6 Å². The van der Waals surface area contributed by atoms with E-state index in [1.165, 1.54) is 6.08 Å². The smallest absolute Gasteiger partial charge is 0.165 e. The van der Waals surface area contributed by atoms with Crippen molar-refractivity contribution in [1.82, 2.24) is 4.90 Å². The van der Waals surface area contributed by atoms with Crippen LogP contribution in [0, 0.1) is 5.92 Å². The Morgan fingerprint density at radius 2 is 2.41 bits per heavy atom. The van der Waals surface area contributed by atoms with Crippen LogP contribution in [0.4, 0.5) is 0 Å². The van der Waals surface area contributed by atoms with Crippen LogP contribution >= 0.6 is 0 Å². The Bertz CT molecular complexity index is 821. The van der Waals surface area contributed by atoms with Gasteiger partial charge in [-0.25, -0.2) is 0 Å². The van der Waals surface area contributed by atoms with Crippen LogP contribution in [0.2, 0.25) is 0 Å². The number of aliphatic hydroxyl groups is 1. The summed E-state index contributed by atoms with van der Waals surface area (Å²) in [5.74, 6) is 1.09. The van der Waals surface area contributed by atoms with E-state index in [-0.39, 0.29) is 12.0 Å². The second-order valence-corrected chi connectivity index (χ2v) is 6.69. The lowest BCUT2D eigenvalue weighted by Gasteiger charge is -2.56. The van der Waals surface area contributed by atoms with Gasteiger partial charge in [-0.05, 0) is 38.0 Å². The van der Waals surface area contributed by atoms with Crippen molar-refractivity contribution in [2.75, 3.05) is 20.6 Å². The lowest BCUT2D eigenvalue weighted by Crippen LogP contribution is -2.64. The molecule has 2 aliphatic carbocycles. The third-order valence-electron chi connectivity index (χ3n) is 5.94. The van der Waals surface area contributed by atoms with E-state index in [2.05, 4.69) is 0 Å². The van der Waals surface area contributed by atoms with Gasteiger partial charge in [0.15, 0.2) is 11.5 Å². The van der Waals surface area contributed by atoms with Gasteiger partial charge < -0.3 is 19.5 Å². The first kappa shape index (κ1) is 9.58. The Morgan fingerprint density at radius 1 is 1.50 bits per heavy atom. The number of ether oxygens (including phenoxy) is 2. The minimum Gasteiger partial charge on any atom is -0.493 e. The summed E-state index contributed by atoms with van der Waals surface area (Å²) in [6.07, 6.45) is 1.80. The quantitative estimate of drug-likeness (QED) is 0.799. The molecule has 5 atom stereocenters. The zero-order chi connectivity index (χ0) is 18.5. The molecule has 2 unspecified atom stereocenters. The second-order valence-electron chi connectivity index (χ2n) is 6.69. The van der Waals surface area contributed by atoms with Crippen LogP contribution in [0.25, 0.3) is 0 Å². The molecular weight excluding hydrogens is 278 g/mol. The number of rotatable bonds is 1. The van der Waals surface area contributed by atoms with Gasteiger partial charge in [-0.2, -0.15) is 0 Å². The number of hydrogen-bond donors (Lipinski definition) is 1. The molecular formula is C18H21NO3. The van der Waals surface area contributed by atoms with Crippen LogP contribution in [0.5, 0.6) is 11.5 Å². The molecule has 2 heterocycles. The molecule has 4 nitrogen and oxygen atoms in total. The van der Waals surface area contributed by atoms with Crippen LogP contribution in [0.3, 0.4) is 0 Å². The summed E-state index contributed by atoms with van der Waals surface area (Å²) in [5, 5.41) is 10.7. The molecule has 0 amide bonds. The SMILES string of the molecule is [2H]C1(O)C=C[C@H]2[C@H]3Cc4ccc(OC)c5c4[C@@]2(CCN3C([2H])([2H])[2H])C1O5. The van der Waals surface area contributed by atoms with E-state index >= 15 is 0 Å². The maximum Gasteiger partial charge on any atom is 0.165 e. The number of piperidine rings is 1. The molecule has 0 saturated carbocycles. The summed E-state index contributed by atoms with van der Waals surface area (Å²) in [4.78, 5) is 1.60. The van der Waals surface area contributed by atoms with Crippen molar-refractivity contribution in [3.05, 3.63) is 35.4 Å². The molecule has 0 radical (unpaired) electrons. The van der Waals surface area contributed by atoms with Gasteiger partial charge in [0.2, 0.25) is 0 Å². The molecule has 1 fully saturated rings. The van der Waals surface area contributed by atoms with E-state index in [1.807, 2.05) is 18.2 Å². The third kappa shape index (κ3) is 1.28. The van der Waals surface area contributed by atoms with Crippen LogP contribution in [-0.4, -0.2) is 48.9 Å². The molecule has 2 bridgehead atoms. The Hall–Kier alpha value is -1.52. The zero-order valence-electron chi connectivity index (χ0n) is 16.4. The maximum atomic E-state index is 10.7. The Kier molecular flexibility index (Phi) is 1.77. The Balaban J connectivity index is 1.78. The molecule has 5 rings (SSSR count). The average Bonchev–Trinajstić information content (AvgIpc) is 2.90. The first-order valence-electron chi connectivity index (χ1n) is 9.75. The molecule has 1 saturated heterocycles. The Morgan fingerprint density at radius 3 is 3.23 bits per heavy atom. The predicted octanol–water partition coefficient (Wildman–Crippen LogP) is 1.50. The Labute approximate surface area is 135 Å². The topological polar surface area (TPSA) is 41.9 Å². The molecule has 1 aromatic rings. The molecule has 22 heavy (non-hydrogen) atoms. The van der Waals surface area contributed by atoms with Crippen LogP contribution in [-0.2, 0) is 11.8 Å². The fourth-order valence-electron chi connectivity index (χ4n) is 5.07. The number of likely N-dealkylation sites (tertiary alicyclic amines) is 1. The molecule has 0 aromatic heterocycles. The maximum absolute atomic E-state index is 10.7. The van der Waals surface area contributed by atoms with Gasteiger partial charge in [-0.1, -0.05) is 18.2 Å².